The van der Waals surface area contributed by atoms with Crippen molar-refractivity contribution >= 4 is 23.6 Å². The Bertz CT molecular complexity index is 545. The fraction of sp³-hybridized carbons (Fsp3) is 0.222. The first kappa shape index (κ1) is 11.8. The van der Waals surface area contributed by atoms with Crippen LogP contribution in [0, 0.1) is 0 Å². The molecule has 0 spiro atoms. The highest BCUT2D eigenvalue weighted by Crippen LogP contribution is 1.99. The van der Waals surface area contributed by atoms with Crippen LogP contribution in [0.3, 0.4) is 0 Å². The summed E-state index contributed by atoms with van der Waals surface area (Å²) in [5.74, 6) is 0.0829. The predicted octanol–water partition coefficient (Wildman–Crippen LogP) is -0.402. The minimum absolute atomic E-state index is 0.0692. The zero-order valence-corrected chi connectivity index (χ0v) is 9.54. The number of imidazole rings is 1. The maximum absolute atomic E-state index is 11.6. The molecule has 0 radical (unpaired) electrons. The lowest BCUT2D eigenvalue weighted by atomic mass is 10.6. The number of rotatable bonds is 4. The van der Waals surface area contributed by atoms with Crippen LogP contribution in [0.5, 0.6) is 0 Å². The number of hydrogen-bond acceptors (Lipinski definition) is 5. The molecule has 0 fully saturated rings. The number of aromatic nitrogens is 5. The summed E-state index contributed by atoms with van der Waals surface area (Å²) in [5, 5.41) is 12.7. The van der Waals surface area contributed by atoms with E-state index < -0.39 is 0 Å². The molecular formula is C9H11N7O2. The normalized spacial score (nSPS) is 10.1. The molecule has 0 aromatic carbocycles. The van der Waals surface area contributed by atoms with Crippen molar-refractivity contribution in [1.29, 1.82) is 0 Å². The number of hydrogen-bond donors (Lipinski definition) is 3. The molecule has 18 heavy (non-hydrogen) atoms. The standard InChI is InChI=1S/C9H11N7O2/c1-6(17)13-7-4-12-16(15-7)5-8(18)14-9-10-2-3-11-9/h2-4H,5H2,1H3,(H,13,15,17)(H2,10,11,14,18). The van der Waals surface area contributed by atoms with Crippen molar-refractivity contribution in [3.8, 4) is 0 Å². The second-order valence-corrected chi connectivity index (χ2v) is 3.43. The van der Waals surface area contributed by atoms with Crippen LogP contribution in [0.15, 0.2) is 18.6 Å². The summed E-state index contributed by atoms with van der Waals surface area (Å²) in [6.07, 6.45) is 4.48. The van der Waals surface area contributed by atoms with Crippen LogP contribution >= 0.6 is 0 Å². The van der Waals surface area contributed by atoms with E-state index in [1.54, 1.807) is 6.20 Å². The summed E-state index contributed by atoms with van der Waals surface area (Å²) in [4.78, 5) is 30.1. The van der Waals surface area contributed by atoms with Crippen LogP contribution in [0.1, 0.15) is 6.92 Å². The van der Waals surface area contributed by atoms with Gasteiger partial charge >= 0.3 is 0 Å². The Morgan fingerprint density at radius 3 is 2.94 bits per heavy atom. The molecule has 2 heterocycles. The molecule has 2 amide bonds. The summed E-state index contributed by atoms with van der Waals surface area (Å²) in [6, 6.07) is 0. The molecule has 0 aliphatic heterocycles. The van der Waals surface area contributed by atoms with E-state index in [0.29, 0.717) is 11.8 Å². The number of amides is 2. The van der Waals surface area contributed by atoms with Crippen LogP contribution in [-0.4, -0.2) is 36.8 Å². The minimum Gasteiger partial charge on any atom is -0.331 e. The number of nitrogens with zero attached hydrogens (tertiary/aromatic N) is 4. The molecule has 94 valence electrons. The van der Waals surface area contributed by atoms with Gasteiger partial charge in [0.1, 0.15) is 6.54 Å². The molecule has 0 atom stereocenters. The molecule has 2 rings (SSSR count). The van der Waals surface area contributed by atoms with Gasteiger partial charge in [-0.05, 0) is 0 Å². The van der Waals surface area contributed by atoms with E-state index in [-0.39, 0.29) is 18.4 Å². The lowest BCUT2D eigenvalue weighted by molar-refractivity contribution is -0.117. The topological polar surface area (TPSA) is 118 Å². The van der Waals surface area contributed by atoms with E-state index in [2.05, 4.69) is 30.8 Å². The number of nitrogens with one attached hydrogen (secondary N) is 3. The number of H-pyrrole nitrogens is 1. The summed E-state index contributed by atoms with van der Waals surface area (Å²) in [5.41, 5.74) is 0. The van der Waals surface area contributed by atoms with Crippen LogP contribution in [0.25, 0.3) is 0 Å². The summed E-state index contributed by atoms with van der Waals surface area (Å²) in [7, 11) is 0. The Balaban J connectivity index is 1.91. The van der Waals surface area contributed by atoms with Crippen LogP contribution in [0.2, 0.25) is 0 Å². The smallest absolute Gasteiger partial charge is 0.250 e. The average molecular weight is 249 g/mol. The summed E-state index contributed by atoms with van der Waals surface area (Å²) >= 11 is 0. The molecule has 2 aromatic heterocycles. The quantitative estimate of drug-likeness (QED) is 0.681. The number of anilines is 2. The monoisotopic (exact) mass is 249 g/mol. The fourth-order valence-electron chi connectivity index (χ4n) is 1.24. The first-order valence-corrected chi connectivity index (χ1v) is 5.10. The molecule has 9 nitrogen and oxygen atoms in total. The molecule has 0 aliphatic rings. The SMILES string of the molecule is CC(=O)Nc1cnn(CC(=O)Nc2ncc[nH]2)n1. The highest BCUT2D eigenvalue weighted by molar-refractivity contribution is 5.89. The summed E-state index contributed by atoms with van der Waals surface area (Å²) in [6.45, 7) is 1.29. The van der Waals surface area contributed by atoms with Crippen LogP contribution < -0.4 is 10.6 Å². The third-order valence-corrected chi connectivity index (χ3v) is 1.88. The van der Waals surface area contributed by atoms with Crippen molar-refractivity contribution in [1.82, 2.24) is 25.0 Å². The van der Waals surface area contributed by atoms with E-state index in [9.17, 15) is 9.59 Å². The molecule has 2 aromatic rings. The third-order valence-electron chi connectivity index (χ3n) is 1.88. The molecule has 0 saturated heterocycles. The van der Waals surface area contributed by atoms with Crippen molar-refractivity contribution in [2.45, 2.75) is 13.5 Å². The van der Waals surface area contributed by atoms with Gasteiger partial charge in [-0.2, -0.15) is 9.90 Å². The highest BCUT2D eigenvalue weighted by Gasteiger charge is 2.08. The van der Waals surface area contributed by atoms with Crippen LogP contribution in [-0.2, 0) is 16.1 Å². The zero-order chi connectivity index (χ0) is 13.0. The van der Waals surface area contributed by atoms with Crippen molar-refractivity contribution in [2.75, 3.05) is 10.6 Å². The second kappa shape index (κ2) is 5.08. The lowest BCUT2D eigenvalue weighted by Crippen LogP contribution is -2.21. The number of aromatic amines is 1. The molecule has 0 bridgehead atoms. The van der Waals surface area contributed by atoms with Gasteiger partial charge in [0.15, 0.2) is 5.82 Å². The van der Waals surface area contributed by atoms with Crippen molar-refractivity contribution < 1.29 is 9.59 Å². The molecule has 0 aliphatic carbocycles. The maximum Gasteiger partial charge on any atom is 0.250 e. The molecule has 0 unspecified atom stereocenters. The molecular weight excluding hydrogens is 238 g/mol. The number of carbonyl (C=O) groups is 2. The van der Waals surface area contributed by atoms with Gasteiger partial charge in [-0.1, -0.05) is 0 Å². The Morgan fingerprint density at radius 2 is 2.28 bits per heavy atom. The zero-order valence-electron chi connectivity index (χ0n) is 9.54. The van der Waals surface area contributed by atoms with Gasteiger partial charge in [-0.3, -0.25) is 14.9 Å². The predicted molar refractivity (Wildman–Crippen MR) is 61.5 cm³/mol. The molecule has 9 heteroatoms. The largest absolute Gasteiger partial charge is 0.331 e. The highest BCUT2D eigenvalue weighted by atomic mass is 16.2. The Kier molecular flexibility index (Phi) is 3.32. The second-order valence-electron chi connectivity index (χ2n) is 3.43. The Morgan fingerprint density at radius 1 is 1.44 bits per heavy atom. The third kappa shape index (κ3) is 3.14. The first-order chi connectivity index (χ1) is 8.63. The average Bonchev–Trinajstić information content (AvgIpc) is 2.89. The molecule has 3 N–H and O–H groups in total. The maximum atomic E-state index is 11.6. The van der Waals surface area contributed by atoms with Crippen LogP contribution in [0.4, 0.5) is 11.8 Å². The van der Waals surface area contributed by atoms with Gasteiger partial charge in [0.2, 0.25) is 17.8 Å². The number of carbonyl (C=O) groups excluding carboxylic acids is 2. The van der Waals surface area contributed by atoms with Gasteiger partial charge in [0.05, 0.1) is 6.20 Å². The van der Waals surface area contributed by atoms with Crippen molar-refractivity contribution in [3.63, 3.8) is 0 Å². The van der Waals surface area contributed by atoms with E-state index in [1.165, 1.54) is 24.1 Å². The van der Waals surface area contributed by atoms with E-state index in [0.717, 1.165) is 0 Å². The van der Waals surface area contributed by atoms with Crippen molar-refractivity contribution in [3.05, 3.63) is 18.6 Å². The van der Waals surface area contributed by atoms with Gasteiger partial charge in [0.25, 0.3) is 0 Å². The minimum atomic E-state index is -0.324. The van der Waals surface area contributed by atoms with E-state index in [4.69, 9.17) is 0 Å². The van der Waals surface area contributed by atoms with E-state index in [1.807, 2.05) is 0 Å². The summed E-state index contributed by atoms with van der Waals surface area (Å²) < 4.78 is 0. The fourth-order valence-corrected chi connectivity index (χ4v) is 1.24. The molecule has 0 saturated carbocycles. The Labute approximate surface area is 102 Å². The van der Waals surface area contributed by atoms with Gasteiger partial charge in [-0.25, -0.2) is 4.98 Å². The van der Waals surface area contributed by atoms with Gasteiger partial charge in [0, 0.05) is 19.3 Å². The van der Waals surface area contributed by atoms with Gasteiger partial charge in [-0.15, -0.1) is 5.10 Å². The Hall–Kier alpha value is -2.71. The lowest BCUT2D eigenvalue weighted by Gasteiger charge is -2.00. The van der Waals surface area contributed by atoms with Crippen molar-refractivity contribution in [2.24, 2.45) is 0 Å². The van der Waals surface area contributed by atoms with E-state index >= 15 is 0 Å². The van der Waals surface area contributed by atoms with Gasteiger partial charge < -0.3 is 10.3 Å². The first-order valence-electron chi connectivity index (χ1n) is 5.10.